The predicted octanol–water partition coefficient (Wildman–Crippen LogP) is 2.75. The van der Waals surface area contributed by atoms with Crippen LogP contribution in [0.25, 0.3) is 0 Å². The van der Waals surface area contributed by atoms with Crippen LogP contribution in [0.5, 0.6) is 0 Å². The summed E-state index contributed by atoms with van der Waals surface area (Å²) < 4.78 is 55.8. The van der Waals surface area contributed by atoms with Gasteiger partial charge in [0.05, 0.1) is 17.5 Å². The Morgan fingerprint density at radius 1 is 0.731 bits per heavy atom. The van der Waals surface area contributed by atoms with Crippen LogP contribution in [0.15, 0.2) is 30.3 Å². The Morgan fingerprint density at radius 2 is 1.19 bits per heavy atom. The highest BCUT2D eigenvalue weighted by Gasteiger charge is 2.65. The van der Waals surface area contributed by atoms with Crippen molar-refractivity contribution in [2.24, 2.45) is 11.8 Å². The SMILES string of the molecule is O=C1[C@@H]2C3NC(c4c(F)c(F)c(F)c(F)c43)[C@@H]2C(=O)N1c1ccccc1. The molecule has 2 fully saturated rings. The number of benzene rings is 2. The summed E-state index contributed by atoms with van der Waals surface area (Å²) in [5.41, 5.74) is -0.453. The first-order valence-corrected chi connectivity index (χ1v) is 7.98. The molecule has 26 heavy (non-hydrogen) atoms. The third kappa shape index (κ3) is 1.63. The van der Waals surface area contributed by atoms with Gasteiger partial charge in [0.15, 0.2) is 23.3 Å². The highest BCUT2D eigenvalue weighted by atomic mass is 19.2. The van der Waals surface area contributed by atoms with Gasteiger partial charge in [-0.1, -0.05) is 18.2 Å². The fourth-order valence-corrected chi connectivity index (χ4v) is 4.45. The topological polar surface area (TPSA) is 49.4 Å². The Balaban J connectivity index is 1.67. The zero-order valence-corrected chi connectivity index (χ0v) is 13.0. The summed E-state index contributed by atoms with van der Waals surface area (Å²) in [6, 6.07) is 6.00. The lowest BCUT2D eigenvalue weighted by Gasteiger charge is -2.23. The fraction of sp³-hybridized carbons (Fsp3) is 0.222. The number of imide groups is 1. The molecule has 4 atom stereocenters. The second-order valence-electron chi connectivity index (χ2n) is 6.60. The summed E-state index contributed by atoms with van der Waals surface area (Å²) in [6.07, 6.45) is 0. The number of nitrogens with zero attached hydrogens (tertiary/aromatic N) is 1. The maximum Gasteiger partial charge on any atom is 0.239 e. The van der Waals surface area contributed by atoms with E-state index in [0.717, 1.165) is 4.90 Å². The number of hydrogen-bond donors (Lipinski definition) is 1. The Kier molecular flexibility index (Phi) is 2.93. The van der Waals surface area contributed by atoms with E-state index in [9.17, 15) is 27.2 Å². The Morgan fingerprint density at radius 3 is 1.65 bits per heavy atom. The predicted molar refractivity (Wildman–Crippen MR) is 80.8 cm³/mol. The molecule has 4 nitrogen and oxygen atoms in total. The molecule has 2 aromatic rings. The number of anilines is 1. The zero-order chi connectivity index (χ0) is 18.3. The van der Waals surface area contributed by atoms with Crippen LogP contribution in [-0.4, -0.2) is 11.8 Å². The standard InChI is InChI=1S/C18H10F4N2O2/c19-11-7-8(12(20)14(22)13(11)21)16-10-9(15(7)23-16)17(25)24(18(10)26)6-4-2-1-3-5-6/h1-5,9-10,15-16,23H/t9-,10+,15?,16?. The van der Waals surface area contributed by atoms with Crippen LogP contribution in [-0.2, 0) is 9.59 Å². The van der Waals surface area contributed by atoms with Crippen LogP contribution in [0.4, 0.5) is 23.2 Å². The van der Waals surface area contributed by atoms with E-state index in [4.69, 9.17) is 0 Å². The van der Waals surface area contributed by atoms with E-state index in [1.807, 2.05) is 0 Å². The molecule has 2 bridgehead atoms. The van der Waals surface area contributed by atoms with Crippen molar-refractivity contribution < 1.29 is 27.2 Å². The van der Waals surface area contributed by atoms with E-state index in [0.29, 0.717) is 5.69 Å². The number of fused-ring (bicyclic) bond motifs is 8. The van der Waals surface area contributed by atoms with Crippen molar-refractivity contribution in [1.82, 2.24) is 5.32 Å². The number of para-hydroxylation sites is 1. The zero-order valence-electron chi connectivity index (χ0n) is 13.0. The minimum atomic E-state index is -1.91. The van der Waals surface area contributed by atoms with Crippen molar-refractivity contribution in [3.63, 3.8) is 0 Å². The first kappa shape index (κ1) is 15.5. The highest BCUT2D eigenvalue weighted by molar-refractivity contribution is 6.23. The van der Waals surface area contributed by atoms with Crippen LogP contribution in [0, 0.1) is 35.1 Å². The van der Waals surface area contributed by atoms with Gasteiger partial charge in [0.1, 0.15) is 0 Å². The van der Waals surface area contributed by atoms with Crippen molar-refractivity contribution >= 4 is 17.5 Å². The molecule has 132 valence electrons. The second-order valence-corrected chi connectivity index (χ2v) is 6.60. The van der Waals surface area contributed by atoms with Crippen LogP contribution < -0.4 is 10.2 Å². The normalized spacial score (nSPS) is 28.7. The number of amides is 2. The van der Waals surface area contributed by atoms with Crippen LogP contribution >= 0.6 is 0 Å². The maximum absolute atomic E-state index is 14.3. The van der Waals surface area contributed by atoms with Gasteiger partial charge in [-0.3, -0.25) is 9.59 Å². The smallest absolute Gasteiger partial charge is 0.239 e. The minimum absolute atomic E-state index is 0.346. The summed E-state index contributed by atoms with van der Waals surface area (Å²) in [5.74, 6) is -9.97. The van der Waals surface area contributed by atoms with Crippen molar-refractivity contribution in [1.29, 1.82) is 0 Å². The number of carbonyl (C=O) groups excluding carboxylic acids is 2. The summed E-state index contributed by atoms with van der Waals surface area (Å²) in [6.45, 7) is 0. The van der Waals surface area contributed by atoms with E-state index in [2.05, 4.69) is 5.32 Å². The van der Waals surface area contributed by atoms with Crippen LogP contribution in [0.3, 0.4) is 0 Å². The first-order valence-electron chi connectivity index (χ1n) is 7.98. The molecule has 0 spiro atoms. The van der Waals surface area contributed by atoms with Gasteiger partial charge >= 0.3 is 0 Å². The van der Waals surface area contributed by atoms with Crippen molar-refractivity contribution in [3.05, 3.63) is 64.7 Å². The van der Waals surface area contributed by atoms with Gasteiger partial charge < -0.3 is 5.32 Å². The molecule has 2 amide bonds. The Hall–Kier alpha value is -2.74. The molecule has 5 rings (SSSR count). The molecule has 2 saturated heterocycles. The molecule has 3 aliphatic rings. The van der Waals surface area contributed by atoms with Gasteiger partial charge in [-0.25, -0.2) is 22.5 Å². The quantitative estimate of drug-likeness (QED) is 0.367. The van der Waals surface area contributed by atoms with Gasteiger partial charge in [-0.15, -0.1) is 0 Å². The van der Waals surface area contributed by atoms with E-state index < -0.39 is 70.1 Å². The first-order chi connectivity index (χ1) is 12.4. The van der Waals surface area contributed by atoms with Gasteiger partial charge in [-0.05, 0) is 12.1 Å². The number of halogens is 4. The van der Waals surface area contributed by atoms with Crippen molar-refractivity contribution in [2.45, 2.75) is 12.1 Å². The molecule has 2 aromatic carbocycles. The maximum atomic E-state index is 14.3. The molecule has 0 saturated carbocycles. The number of nitrogens with one attached hydrogen (secondary N) is 1. The fourth-order valence-electron chi connectivity index (χ4n) is 4.45. The third-order valence-corrected chi connectivity index (χ3v) is 5.45. The average molecular weight is 362 g/mol. The molecular weight excluding hydrogens is 352 g/mol. The molecule has 0 aromatic heterocycles. The summed E-state index contributed by atoms with van der Waals surface area (Å²) in [7, 11) is 0. The van der Waals surface area contributed by atoms with E-state index >= 15 is 0 Å². The van der Waals surface area contributed by atoms with Gasteiger partial charge in [-0.2, -0.15) is 0 Å². The average Bonchev–Trinajstić information content (AvgIpc) is 3.28. The largest absolute Gasteiger partial charge is 0.301 e. The van der Waals surface area contributed by atoms with Gasteiger partial charge in [0, 0.05) is 23.2 Å². The monoisotopic (exact) mass is 362 g/mol. The van der Waals surface area contributed by atoms with E-state index in [-0.39, 0.29) is 0 Å². The number of rotatable bonds is 1. The lowest BCUT2D eigenvalue weighted by Crippen LogP contribution is -2.34. The third-order valence-electron chi connectivity index (χ3n) is 5.45. The van der Waals surface area contributed by atoms with Gasteiger partial charge in [0.25, 0.3) is 0 Å². The molecule has 8 heteroatoms. The molecule has 3 aliphatic heterocycles. The molecule has 1 N–H and O–H groups in total. The van der Waals surface area contributed by atoms with E-state index in [1.165, 1.54) is 0 Å². The van der Waals surface area contributed by atoms with E-state index in [1.54, 1.807) is 30.3 Å². The number of carbonyl (C=O) groups is 2. The lowest BCUT2D eigenvalue weighted by molar-refractivity contribution is -0.123. The molecule has 0 aliphatic carbocycles. The Labute approximate surface area is 144 Å². The molecule has 3 heterocycles. The van der Waals surface area contributed by atoms with Gasteiger partial charge in [0.2, 0.25) is 11.8 Å². The second kappa shape index (κ2) is 4.91. The van der Waals surface area contributed by atoms with Crippen LogP contribution in [0.1, 0.15) is 23.2 Å². The van der Waals surface area contributed by atoms with Crippen molar-refractivity contribution in [3.8, 4) is 0 Å². The summed E-state index contributed by atoms with van der Waals surface area (Å²) in [5, 5.41) is 2.78. The summed E-state index contributed by atoms with van der Waals surface area (Å²) in [4.78, 5) is 26.6. The highest BCUT2D eigenvalue weighted by Crippen LogP contribution is 2.58. The van der Waals surface area contributed by atoms with Crippen LogP contribution in [0.2, 0.25) is 0 Å². The lowest BCUT2D eigenvalue weighted by atomic mass is 9.76. The molecule has 2 unspecified atom stereocenters. The molecular formula is C18H10F4N2O2. The Bertz CT molecular complexity index is 936. The van der Waals surface area contributed by atoms with Crippen molar-refractivity contribution in [2.75, 3.05) is 4.90 Å². The number of hydrogen-bond acceptors (Lipinski definition) is 3. The summed E-state index contributed by atoms with van der Waals surface area (Å²) >= 11 is 0. The molecule has 0 radical (unpaired) electrons. The minimum Gasteiger partial charge on any atom is -0.301 e.